The van der Waals surface area contributed by atoms with Crippen molar-refractivity contribution < 1.29 is 19.5 Å². The number of carbonyl (C=O) groups excluding carboxylic acids is 3. The number of carbonyl (C=O) groups is 3. The lowest BCUT2D eigenvalue weighted by Crippen LogP contribution is -2.50. The van der Waals surface area contributed by atoms with Gasteiger partial charge in [0.15, 0.2) is 0 Å². The fourth-order valence-corrected chi connectivity index (χ4v) is 3.58. The predicted molar refractivity (Wildman–Crippen MR) is 119 cm³/mol. The molecule has 0 saturated carbocycles. The Morgan fingerprint density at radius 3 is 2.45 bits per heavy atom. The molecule has 162 valence electrons. The summed E-state index contributed by atoms with van der Waals surface area (Å²) < 4.78 is 0. The van der Waals surface area contributed by atoms with Crippen molar-refractivity contribution in [1.82, 2.24) is 9.80 Å². The van der Waals surface area contributed by atoms with Crippen LogP contribution in [0.15, 0.2) is 55.1 Å². The highest BCUT2D eigenvalue weighted by atomic mass is 16.3. The summed E-state index contributed by atoms with van der Waals surface area (Å²) in [7, 11) is 0. The van der Waals surface area contributed by atoms with Gasteiger partial charge in [0.1, 0.15) is 5.75 Å². The number of aryl methyl sites for hydroxylation is 2. The van der Waals surface area contributed by atoms with Gasteiger partial charge in [-0.15, -0.1) is 0 Å². The normalized spacial score (nSPS) is 13.6. The maximum absolute atomic E-state index is 12.9. The zero-order valence-electron chi connectivity index (χ0n) is 17.6. The highest BCUT2D eigenvalue weighted by molar-refractivity contribution is 6.02. The average Bonchev–Trinajstić information content (AvgIpc) is 2.78. The third-order valence-corrected chi connectivity index (χ3v) is 5.31. The third-order valence-electron chi connectivity index (χ3n) is 5.31. The lowest BCUT2D eigenvalue weighted by Gasteiger charge is -2.35. The summed E-state index contributed by atoms with van der Waals surface area (Å²) in [6.07, 6.45) is 2.25. The number of amides is 3. The van der Waals surface area contributed by atoms with E-state index in [0.29, 0.717) is 44.7 Å². The second kappa shape index (κ2) is 9.93. The number of nitrogens with one attached hydrogen (secondary N) is 1. The fourth-order valence-electron chi connectivity index (χ4n) is 3.58. The van der Waals surface area contributed by atoms with E-state index in [1.54, 1.807) is 9.80 Å². The Morgan fingerprint density at radius 2 is 1.77 bits per heavy atom. The molecule has 2 N–H and O–H groups in total. The van der Waals surface area contributed by atoms with E-state index in [1.165, 1.54) is 23.8 Å². The summed E-state index contributed by atoms with van der Waals surface area (Å²) in [5.41, 5.74) is 2.83. The number of hydrogen-bond acceptors (Lipinski definition) is 4. The Morgan fingerprint density at radius 1 is 1.06 bits per heavy atom. The number of phenols is 1. The fraction of sp³-hybridized carbons (Fsp3) is 0.292. The van der Waals surface area contributed by atoms with Gasteiger partial charge in [-0.2, -0.15) is 0 Å². The van der Waals surface area contributed by atoms with Crippen LogP contribution < -0.4 is 5.32 Å². The minimum absolute atomic E-state index is 0.0746. The molecule has 0 atom stereocenters. The van der Waals surface area contributed by atoms with Crippen LogP contribution >= 0.6 is 0 Å². The smallest absolute Gasteiger partial charge is 0.257 e. The molecule has 1 aliphatic heterocycles. The van der Waals surface area contributed by atoms with Crippen molar-refractivity contribution in [1.29, 1.82) is 0 Å². The van der Waals surface area contributed by atoms with Gasteiger partial charge in [0.25, 0.3) is 5.91 Å². The Balaban J connectivity index is 1.56. The van der Waals surface area contributed by atoms with Crippen LogP contribution in [0.25, 0.3) is 0 Å². The molecular formula is C24H27N3O4. The first kappa shape index (κ1) is 22.1. The van der Waals surface area contributed by atoms with Crippen LogP contribution in [0.1, 0.15) is 27.9 Å². The molecule has 3 rings (SSSR count). The Labute approximate surface area is 182 Å². The molecule has 2 aromatic rings. The van der Waals surface area contributed by atoms with Crippen LogP contribution in [0.2, 0.25) is 0 Å². The molecule has 0 radical (unpaired) electrons. The van der Waals surface area contributed by atoms with Crippen LogP contribution in [0.3, 0.4) is 0 Å². The van der Waals surface area contributed by atoms with Gasteiger partial charge in [0.05, 0.1) is 5.56 Å². The van der Waals surface area contributed by atoms with Crippen LogP contribution in [0.4, 0.5) is 5.69 Å². The molecule has 0 aliphatic carbocycles. The van der Waals surface area contributed by atoms with Gasteiger partial charge in [0.2, 0.25) is 11.8 Å². The Kier molecular flexibility index (Phi) is 7.07. The zero-order valence-corrected chi connectivity index (χ0v) is 17.6. The van der Waals surface area contributed by atoms with Crippen LogP contribution in [-0.4, -0.2) is 58.8 Å². The number of phenolic OH excluding ortho intramolecular Hbond substituents is 1. The lowest BCUT2D eigenvalue weighted by molar-refractivity contribution is -0.132. The highest BCUT2D eigenvalue weighted by Crippen LogP contribution is 2.24. The first-order valence-electron chi connectivity index (χ1n) is 10.3. The Bertz CT molecular complexity index is 994. The van der Waals surface area contributed by atoms with Gasteiger partial charge in [0, 0.05) is 38.3 Å². The second-order valence-corrected chi connectivity index (χ2v) is 7.59. The Hall–Kier alpha value is -3.61. The maximum atomic E-state index is 12.9. The van der Waals surface area contributed by atoms with Crippen molar-refractivity contribution in [2.75, 3.05) is 31.5 Å². The minimum atomic E-state index is -0.401. The molecule has 7 heteroatoms. The number of hydrogen-bond donors (Lipinski definition) is 2. The summed E-state index contributed by atoms with van der Waals surface area (Å²) in [5.74, 6) is -0.815. The van der Waals surface area contributed by atoms with E-state index in [9.17, 15) is 19.5 Å². The van der Waals surface area contributed by atoms with Crippen molar-refractivity contribution in [3.05, 3.63) is 71.8 Å². The number of aromatic hydroxyl groups is 1. The van der Waals surface area contributed by atoms with Gasteiger partial charge in [-0.1, -0.05) is 36.4 Å². The molecule has 7 nitrogen and oxygen atoms in total. The molecule has 0 aromatic heterocycles. The predicted octanol–water partition coefficient (Wildman–Crippen LogP) is 2.74. The van der Waals surface area contributed by atoms with Crippen molar-refractivity contribution in [3.63, 3.8) is 0 Å². The van der Waals surface area contributed by atoms with Crippen molar-refractivity contribution in [3.8, 4) is 5.75 Å². The van der Waals surface area contributed by atoms with E-state index in [2.05, 4.69) is 18.0 Å². The molecule has 1 saturated heterocycles. The third kappa shape index (κ3) is 5.72. The highest BCUT2D eigenvalue weighted by Gasteiger charge is 2.26. The first-order valence-corrected chi connectivity index (χ1v) is 10.3. The standard InChI is InChI=1S/C24H27N3O4/c1-3-22(29)25-19-8-9-21(28)20(16-19)24(31)27-13-11-26(12-14-27)23(30)10-7-18-6-4-5-17(2)15-18/h3-6,8-9,15-16,28H,1,7,10-14H2,2H3,(H,25,29). The van der Waals surface area contributed by atoms with Gasteiger partial charge in [-0.25, -0.2) is 0 Å². The van der Waals surface area contributed by atoms with E-state index in [4.69, 9.17) is 0 Å². The summed E-state index contributed by atoms with van der Waals surface area (Å²) in [6, 6.07) is 12.5. The van der Waals surface area contributed by atoms with Crippen LogP contribution in [0, 0.1) is 6.92 Å². The average molecular weight is 421 g/mol. The van der Waals surface area contributed by atoms with Crippen molar-refractivity contribution >= 4 is 23.4 Å². The van der Waals surface area contributed by atoms with Crippen molar-refractivity contribution in [2.24, 2.45) is 0 Å². The van der Waals surface area contributed by atoms with Gasteiger partial charge in [-0.3, -0.25) is 14.4 Å². The molecule has 3 amide bonds. The van der Waals surface area contributed by atoms with Crippen LogP contribution in [-0.2, 0) is 16.0 Å². The summed E-state index contributed by atoms with van der Waals surface area (Å²) in [4.78, 5) is 40.3. The number of anilines is 1. The second-order valence-electron chi connectivity index (χ2n) is 7.59. The van der Waals surface area contributed by atoms with Crippen molar-refractivity contribution in [2.45, 2.75) is 19.8 Å². The van der Waals surface area contributed by atoms with Crippen LogP contribution in [0.5, 0.6) is 5.75 Å². The van der Waals surface area contributed by atoms with Gasteiger partial charge in [-0.05, 0) is 43.2 Å². The topological polar surface area (TPSA) is 89.9 Å². The number of rotatable bonds is 6. The molecular weight excluding hydrogens is 394 g/mol. The minimum Gasteiger partial charge on any atom is -0.507 e. The van der Waals surface area contributed by atoms with E-state index < -0.39 is 5.91 Å². The number of piperazine rings is 1. The monoisotopic (exact) mass is 421 g/mol. The largest absolute Gasteiger partial charge is 0.507 e. The summed E-state index contributed by atoms with van der Waals surface area (Å²) in [6.45, 7) is 7.10. The molecule has 2 aromatic carbocycles. The quantitative estimate of drug-likeness (QED) is 0.554. The number of benzene rings is 2. The molecule has 1 fully saturated rings. The maximum Gasteiger partial charge on any atom is 0.257 e. The van der Waals surface area contributed by atoms with Gasteiger partial charge < -0.3 is 20.2 Å². The molecule has 0 unspecified atom stereocenters. The molecule has 31 heavy (non-hydrogen) atoms. The lowest BCUT2D eigenvalue weighted by atomic mass is 10.1. The molecule has 1 heterocycles. The summed E-state index contributed by atoms with van der Waals surface area (Å²) >= 11 is 0. The molecule has 0 spiro atoms. The molecule has 0 bridgehead atoms. The summed E-state index contributed by atoms with van der Waals surface area (Å²) in [5, 5.41) is 12.7. The van der Waals surface area contributed by atoms with E-state index in [-0.39, 0.29) is 23.1 Å². The SMILES string of the molecule is C=CC(=O)Nc1ccc(O)c(C(=O)N2CCN(C(=O)CCc3cccc(C)c3)CC2)c1. The molecule has 1 aliphatic rings. The van der Waals surface area contributed by atoms with E-state index >= 15 is 0 Å². The van der Waals surface area contributed by atoms with E-state index in [0.717, 1.165) is 11.6 Å². The van der Waals surface area contributed by atoms with Gasteiger partial charge >= 0.3 is 0 Å². The first-order chi connectivity index (χ1) is 14.9. The zero-order chi connectivity index (χ0) is 22.4. The number of nitrogens with zero attached hydrogens (tertiary/aromatic N) is 2. The van der Waals surface area contributed by atoms with E-state index in [1.807, 2.05) is 25.1 Å².